The van der Waals surface area contributed by atoms with Crippen molar-refractivity contribution in [2.24, 2.45) is 5.73 Å². The van der Waals surface area contributed by atoms with Crippen LogP contribution in [0.15, 0.2) is 47.1 Å². The summed E-state index contributed by atoms with van der Waals surface area (Å²) in [5, 5.41) is 0.765. The van der Waals surface area contributed by atoms with E-state index in [1.807, 2.05) is 30.3 Å². The second-order valence-corrected chi connectivity index (χ2v) is 4.65. The van der Waals surface area contributed by atoms with Gasteiger partial charge in [0, 0.05) is 17.5 Å². The van der Waals surface area contributed by atoms with Crippen LogP contribution in [0, 0.1) is 0 Å². The first-order valence-electron chi connectivity index (χ1n) is 5.76. The number of aryl methyl sites for hydroxylation is 1. The van der Waals surface area contributed by atoms with Crippen molar-refractivity contribution in [2.45, 2.75) is 25.3 Å². The molecule has 2 nitrogen and oxygen atoms in total. The van der Waals surface area contributed by atoms with E-state index in [0.717, 1.165) is 30.0 Å². The highest BCUT2D eigenvalue weighted by atomic mass is 35.5. The smallest absolute Gasteiger partial charge is 0.103 e. The summed E-state index contributed by atoms with van der Waals surface area (Å²) in [5.74, 6) is 0.992. The summed E-state index contributed by atoms with van der Waals surface area (Å²) < 4.78 is 5.28. The lowest BCUT2D eigenvalue weighted by atomic mass is 10.0. The van der Waals surface area contributed by atoms with Gasteiger partial charge in [-0.1, -0.05) is 23.7 Å². The monoisotopic (exact) mass is 249 g/mol. The van der Waals surface area contributed by atoms with Crippen molar-refractivity contribution in [3.05, 3.63) is 59.0 Å². The fourth-order valence-corrected chi connectivity index (χ4v) is 2.06. The van der Waals surface area contributed by atoms with Gasteiger partial charge in [0.1, 0.15) is 5.76 Å². The van der Waals surface area contributed by atoms with Crippen LogP contribution in [-0.4, -0.2) is 6.04 Å². The number of halogens is 1. The minimum absolute atomic E-state index is 0.138. The first kappa shape index (κ1) is 12.2. The van der Waals surface area contributed by atoms with E-state index >= 15 is 0 Å². The van der Waals surface area contributed by atoms with E-state index in [1.165, 1.54) is 5.56 Å². The molecule has 90 valence electrons. The second-order valence-electron chi connectivity index (χ2n) is 4.21. The topological polar surface area (TPSA) is 39.2 Å². The first-order valence-corrected chi connectivity index (χ1v) is 6.14. The minimum atomic E-state index is 0.138. The molecular weight excluding hydrogens is 234 g/mol. The van der Waals surface area contributed by atoms with E-state index < -0.39 is 0 Å². The summed E-state index contributed by atoms with van der Waals surface area (Å²) in [7, 11) is 0. The van der Waals surface area contributed by atoms with Crippen LogP contribution in [0.25, 0.3) is 0 Å². The third-order valence-corrected chi connectivity index (χ3v) is 2.96. The predicted molar refractivity (Wildman–Crippen MR) is 70.2 cm³/mol. The Morgan fingerprint density at radius 1 is 1.24 bits per heavy atom. The highest BCUT2D eigenvalue weighted by molar-refractivity contribution is 6.30. The Balaban J connectivity index is 1.83. The SMILES string of the molecule is NC(CCc1ccco1)Cc1cccc(Cl)c1. The maximum atomic E-state index is 6.09. The van der Waals surface area contributed by atoms with Crippen molar-refractivity contribution >= 4 is 11.6 Å². The van der Waals surface area contributed by atoms with Crippen LogP contribution < -0.4 is 5.73 Å². The number of furan rings is 1. The zero-order valence-electron chi connectivity index (χ0n) is 9.60. The van der Waals surface area contributed by atoms with E-state index in [0.29, 0.717) is 0 Å². The molecule has 0 saturated carbocycles. The molecule has 0 aliphatic rings. The van der Waals surface area contributed by atoms with Gasteiger partial charge < -0.3 is 10.2 Å². The molecule has 2 aromatic rings. The standard InChI is InChI=1S/C14H16ClNO/c15-12-4-1-3-11(9-12)10-13(16)6-7-14-5-2-8-17-14/h1-5,8-9,13H,6-7,10,16H2. The van der Waals surface area contributed by atoms with Crippen LogP contribution in [0.3, 0.4) is 0 Å². The van der Waals surface area contributed by atoms with Crippen molar-refractivity contribution in [3.63, 3.8) is 0 Å². The second kappa shape index (κ2) is 5.89. The van der Waals surface area contributed by atoms with Gasteiger partial charge in [-0.3, -0.25) is 0 Å². The van der Waals surface area contributed by atoms with E-state index in [2.05, 4.69) is 6.07 Å². The van der Waals surface area contributed by atoms with Gasteiger partial charge in [0.25, 0.3) is 0 Å². The maximum absolute atomic E-state index is 6.09. The van der Waals surface area contributed by atoms with Crippen LogP contribution in [-0.2, 0) is 12.8 Å². The lowest BCUT2D eigenvalue weighted by molar-refractivity contribution is 0.484. The number of benzene rings is 1. The summed E-state index contributed by atoms with van der Waals surface area (Å²) in [6.45, 7) is 0. The highest BCUT2D eigenvalue weighted by Gasteiger charge is 2.06. The van der Waals surface area contributed by atoms with Crippen LogP contribution >= 0.6 is 11.6 Å². The molecule has 0 aliphatic carbocycles. The summed E-state index contributed by atoms with van der Waals surface area (Å²) in [6.07, 6.45) is 4.34. The summed E-state index contributed by atoms with van der Waals surface area (Å²) in [4.78, 5) is 0. The van der Waals surface area contributed by atoms with Gasteiger partial charge in [-0.2, -0.15) is 0 Å². The van der Waals surface area contributed by atoms with Crippen molar-refractivity contribution < 1.29 is 4.42 Å². The average molecular weight is 250 g/mol. The Labute approximate surface area is 106 Å². The molecule has 3 heteroatoms. The molecule has 0 radical (unpaired) electrons. The molecule has 1 aromatic carbocycles. The average Bonchev–Trinajstić information content (AvgIpc) is 2.79. The molecule has 0 saturated heterocycles. The Kier molecular flexibility index (Phi) is 4.24. The molecule has 1 unspecified atom stereocenters. The molecule has 0 amide bonds. The largest absolute Gasteiger partial charge is 0.469 e. The number of rotatable bonds is 5. The van der Waals surface area contributed by atoms with Gasteiger partial charge in [-0.15, -0.1) is 0 Å². The number of hydrogen-bond acceptors (Lipinski definition) is 2. The van der Waals surface area contributed by atoms with Crippen LogP contribution in [0.5, 0.6) is 0 Å². The summed E-state index contributed by atoms with van der Waals surface area (Å²) >= 11 is 5.93. The first-order chi connectivity index (χ1) is 8.24. The lowest BCUT2D eigenvalue weighted by Crippen LogP contribution is -2.23. The van der Waals surface area contributed by atoms with E-state index in [4.69, 9.17) is 21.8 Å². The molecule has 17 heavy (non-hydrogen) atoms. The van der Waals surface area contributed by atoms with E-state index in [1.54, 1.807) is 6.26 Å². The molecule has 0 bridgehead atoms. The Bertz CT molecular complexity index is 453. The molecule has 1 heterocycles. The van der Waals surface area contributed by atoms with Gasteiger partial charge in [-0.25, -0.2) is 0 Å². The Morgan fingerprint density at radius 2 is 2.12 bits per heavy atom. The van der Waals surface area contributed by atoms with Gasteiger partial charge in [0.15, 0.2) is 0 Å². The van der Waals surface area contributed by atoms with Crippen molar-refractivity contribution in [1.82, 2.24) is 0 Å². The predicted octanol–water partition coefficient (Wildman–Crippen LogP) is 3.44. The van der Waals surface area contributed by atoms with Gasteiger partial charge in [0.05, 0.1) is 6.26 Å². The van der Waals surface area contributed by atoms with E-state index in [9.17, 15) is 0 Å². The fourth-order valence-electron chi connectivity index (χ4n) is 1.85. The molecule has 0 spiro atoms. The van der Waals surface area contributed by atoms with Gasteiger partial charge in [-0.05, 0) is 42.7 Å². The molecule has 1 aromatic heterocycles. The molecule has 0 aliphatic heterocycles. The third kappa shape index (κ3) is 3.91. The fraction of sp³-hybridized carbons (Fsp3) is 0.286. The molecule has 2 rings (SSSR count). The van der Waals surface area contributed by atoms with Crippen molar-refractivity contribution in [1.29, 1.82) is 0 Å². The lowest BCUT2D eigenvalue weighted by Gasteiger charge is -2.10. The molecule has 1 atom stereocenters. The van der Waals surface area contributed by atoms with Crippen molar-refractivity contribution in [2.75, 3.05) is 0 Å². The molecular formula is C14H16ClNO. The van der Waals surface area contributed by atoms with Gasteiger partial charge >= 0.3 is 0 Å². The molecule has 2 N–H and O–H groups in total. The number of hydrogen-bond donors (Lipinski definition) is 1. The number of nitrogens with two attached hydrogens (primary N) is 1. The highest BCUT2D eigenvalue weighted by Crippen LogP contribution is 2.13. The van der Waals surface area contributed by atoms with Crippen LogP contribution in [0.4, 0.5) is 0 Å². The molecule has 0 fully saturated rings. The van der Waals surface area contributed by atoms with Crippen LogP contribution in [0.1, 0.15) is 17.7 Å². The maximum Gasteiger partial charge on any atom is 0.103 e. The summed E-state index contributed by atoms with van der Waals surface area (Å²) in [6, 6.07) is 11.9. The van der Waals surface area contributed by atoms with E-state index in [-0.39, 0.29) is 6.04 Å². The Morgan fingerprint density at radius 3 is 2.82 bits per heavy atom. The van der Waals surface area contributed by atoms with Gasteiger partial charge in [0.2, 0.25) is 0 Å². The quantitative estimate of drug-likeness (QED) is 0.882. The normalized spacial score (nSPS) is 12.6. The summed E-state index contributed by atoms with van der Waals surface area (Å²) in [5.41, 5.74) is 7.27. The zero-order valence-corrected chi connectivity index (χ0v) is 10.4. The minimum Gasteiger partial charge on any atom is -0.469 e. The zero-order chi connectivity index (χ0) is 12.1. The van der Waals surface area contributed by atoms with Crippen molar-refractivity contribution in [3.8, 4) is 0 Å². The Hall–Kier alpha value is -1.25. The van der Waals surface area contributed by atoms with Crippen LogP contribution in [0.2, 0.25) is 5.02 Å². The third-order valence-electron chi connectivity index (χ3n) is 2.73.